The summed E-state index contributed by atoms with van der Waals surface area (Å²) in [6, 6.07) is 6.96. The zero-order chi connectivity index (χ0) is 15.8. The Morgan fingerprint density at radius 3 is 2.62 bits per heavy atom. The van der Waals surface area contributed by atoms with Crippen molar-refractivity contribution in [3.63, 3.8) is 0 Å². The van der Waals surface area contributed by atoms with E-state index in [-0.39, 0.29) is 12.3 Å². The molecule has 1 aromatic rings. The molecule has 0 aliphatic carbocycles. The molecule has 5 heteroatoms. The highest BCUT2D eigenvalue weighted by Crippen LogP contribution is 2.23. The molecule has 0 aliphatic rings. The van der Waals surface area contributed by atoms with Crippen molar-refractivity contribution in [3.8, 4) is 0 Å². The van der Waals surface area contributed by atoms with E-state index >= 15 is 0 Å². The van der Waals surface area contributed by atoms with Crippen molar-refractivity contribution in [2.45, 2.75) is 38.1 Å². The lowest BCUT2D eigenvalue weighted by Gasteiger charge is -2.13. The average Bonchev–Trinajstić information content (AvgIpc) is 2.37. The maximum absolute atomic E-state index is 12.2. The highest BCUT2D eigenvalue weighted by molar-refractivity contribution is 7.99. The molecule has 0 fully saturated rings. The van der Waals surface area contributed by atoms with Crippen molar-refractivity contribution in [2.24, 2.45) is 0 Å². The Kier molecular flexibility index (Phi) is 7.02. The first-order chi connectivity index (χ1) is 9.90. The van der Waals surface area contributed by atoms with Crippen LogP contribution in [0, 0.1) is 0 Å². The number of carboxylic acid groups (broad SMARTS) is 1. The van der Waals surface area contributed by atoms with E-state index in [9.17, 15) is 9.59 Å². The summed E-state index contributed by atoms with van der Waals surface area (Å²) in [5.74, 6) is -0.352. The number of hydrogen-bond donors (Lipinski definition) is 2. The average molecular weight is 307 g/mol. The fourth-order valence-corrected chi connectivity index (χ4v) is 2.78. The number of benzene rings is 1. The van der Waals surface area contributed by atoms with E-state index in [4.69, 9.17) is 5.11 Å². The summed E-state index contributed by atoms with van der Waals surface area (Å²) in [6.07, 6.45) is 2.02. The van der Waals surface area contributed by atoms with Crippen LogP contribution in [0.5, 0.6) is 0 Å². The third-order valence-electron chi connectivity index (χ3n) is 2.72. The van der Waals surface area contributed by atoms with Gasteiger partial charge in [-0.15, -0.1) is 11.8 Å². The van der Waals surface area contributed by atoms with Crippen LogP contribution in [-0.4, -0.2) is 28.8 Å². The zero-order valence-corrected chi connectivity index (χ0v) is 13.4. The van der Waals surface area contributed by atoms with Crippen molar-refractivity contribution in [1.82, 2.24) is 5.32 Å². The van der Waals surface area contributed by atoms with Gasteiger partial charge < -0.3 is 10.4 Å². The summed E-state index contributed by atoms with van der Waals surface area (Å²) in [4.78, 5) is 23.8. The molecule has 0 saturated carbocycles. The van der Waals surface area contributed by atoms with Crippen LogP contribution in [0.25, 0.3) is 0 Å². The minimum Gasteiger partial charge on any atom is -0.481 e. The topological polar surface area (TPSA) is 66.4 Å². The minimum atomic E-state index is -0.922. The van der Waals surface area contributed by atoms with E-state index in [0.29, 0.717) is 5.56 Å². The summed E-state index contributed by atoms with van der Waals surface area (Å²) < 4.78 is 0. The standard InChI is InChI=1S/C16H21NO3S/c1-11(2)8-9-21-14-7-5-4-6-13(14)16(20)17-12(3)10-15(18)19/h4-8,12H,9-10H2,1-3H3,(H,17,20)(H,18,19). The molecule has 4 nitrogen and oxygen atoms in total. The number of amides is 1. The smallest absolute Gasteiger partial charge is 0.305 e. The number of rotatable bonds is 7. The Hall–Kier alpha value is -1.75. The lowest BCUT2D eigenvalue weighted by Crippen LogP contribution is -2.34. The number of carbonyl (C=O) groups excluding carboxylic acids is 1. The maximum atomic E-state index is 12.2. The van der Waals surface area contributed by atoms with Gasteiger partial charge in [-0.3, -0.25) is 9.59 Å². The van der Waals surface area contributed by atoms with Gasteiger partial charge in [0.15, 0.2) is 0 Å². The van der Waals surface area contributed by atoms with Gasteiger partial charge in [-0.25, -0.2) is 0 Å². The molecule has 1 rings (SSSR count). The van der Waals surface area contributed by atoms with Crippen molar-refractivity contribution >= 4 is 23.6 Å². The summed E-state index contributed by atoms with van der Waals surface area (Å²) in [5, 5.41) is 11.4. The second-order valence-corrected chi connectivity index (χ2v) is 6.12. The van der Waals surface area contributed by atoms with Crippen molar-refractivity contribution < 1.29 is 14.7 Å². The van der Waals surface area contributed by atoms with Gasteiger partial charge >= 0.3 is 5.97 Å². The van der Waals surface area contributed by atoms with E-state index in [2.05, 4.69) is 11.4 Å². The van der Waals surface area contributed by atoms with Crippen molar-refractivity contribution in [3.05, 3.63) is 41.5 Å². The van der Waals surface area contributed by atoms with E-state index < -0.39 is 12.0 Å². The lowest BCUT2D eigenvalue weighted by atomic mass is 10.2. The lowest BCUT2D eigenvalue weighted by molar-refractivity contribution is -0.137. The number of allylic oxidation sites excluding steroid dienone is 1. The molecule has 0 radical (unpaired) electrons. The molecule has 1 aromatic carbocycles. The number of thioether (sulfide) groups is 1. The quantitative estimate of drug-likeness (QED) is 0.599. The number of hydrogen-bond acceptors (Lipinski definition) is 3. The molecule has 0 bridgehead atoms. The zero-order valence-electron chi connectivity index (χ0n) is 12.6. The summed E-state index contributed by atoms with van der Waals surface area (Å²) in [6.45, 7) is 5.75. The molecule has 114 valence electrons. The maximum Gasteiger partial charge on any atom is 0.305 e. The second-order valence-electron chi connectivity index (χ2n) is 5.06. The first-order valence-corrected chi connectivity index (χ1v) is 7.76. The third-order valence-corrected chi connectivity index (χ3v) is 3.72. The predicted octanol–water partition coefficient (Wildman–Crippen LogP) is 3.34. The van der Waals surface area contributed by atoms with Gasteiger partial charge in [-0.05, 0) is 32.9 Å². The van der Waals surface area contributed by atoms with Gasteiger partial charge in [-0.1, -0.05) is 23.8 Å². The van der Waals surface area contributed by atoms with Crippen LogP contribution in [0.3, 0.4) is 0 Å². The van der Waals surface area contributed by atoms with Gasteiger partial charge in [0.2, 0.25) is 0 Å². The van der Waals surface area contributed by atoms with Crippen LogP contribution in [0.15, 0.2) is 40.8 Å². The molecule has 0 aliphatic heterocycles. The highest BCUT2D eigenvalue weighted by atomic mass is 32.2. The normalized spacial score (nSPS) is 11.6. The fourth-order valence-electron chi connectivity index (χ4n) is 1.69. The molecule has 1 amide bonds. The number of carboxylic acids is 1. The van der Waals surface area contributed by atoms with Crippen LogP contribution >= 0.6 is 11.8 Å². The highest BCUT2D eigenvalue weighted by Gasteiger charge is 2.15. The predicted molar refractivity (Wildman–Crippen MR) is 85.8 cm³/mol. The Morgan fingerprint density at radius 2 is 2.00 bits per heavy atom. The number of carbonyl (C=O) groups is 2. The number of aliphatic carboxylic acids is 1. The Bertz CT molecular complexity index is 536. The molecular weight excluding hydrogens is 286 g/mol. The molecule has 1 unspecified atom stereocenters. The summed E-state index contributed by atoms with van der Waals surface area (Å²) >= 11 is 1.59. The van der Waals surface area contributed by atoms with Gasteiger partial charge in [0.1, 0.15) is 0 Å². The number of nitrogens with one attached hydrogen (secondary N) is 1. The van der Waals surface area contributed by atoms with Crippen LogP contribution in [0.1, 0.15) is 37.6 Å². The Morgan fingerprint density at radius 1 is 1.33 bits per heavy atom. The Labute approximate surface area is 129 Å². The van der Waals surface area contributed by atoms with Gasteiger partial charge in [0, 0.05) is 16.7 Å². The van der Waals surface area contributed by atoms with Crippen molar-refractivity contribution in [2.75, 3.05) is 5.75 Å². The second kappa shape index (κ2) is 8.52. The molecule has 2 N–H and O–H groups in total. The van der Waals surface area contributed by atoms with Gasteiger partial charge in [-0.2, -0.15) is 0 Å². The molecular formula is C16H21NO3S. The first-order valence-electron chi connectivity index (χ1n) is 6.78. The molecule has 21 heavy (non-hydrogen) atoms. The van der Waals surface area contributed by atoms with E-state index in [1.165, 1.54) is 5.57 Å². The van der Waals surface area contributed by atoms with Crippen LogP contribution in [0.2, 0.25) is 0 Å². The largest absolute Gasteiger partial charge is 0.481 e. The monoisotopic (exact) mass is 307 g/mol. The van der Waals surface area contributed by atoms with E-state index in [1.807, 2.05) is 32.0 Å². The third kappa shape index (κ3) is 6.49. The summed E-state index contributed by atoms with van der Waals surface area (Å²) in [5.41, 5.74) is 1.82. The molecule has 0 heterocycles. The molecule has 1 atom stereocenters. The van der Waals surface area contributed by atoms with Crippen LogP contribution < -0.4 is 5.32 Å². The van der Waals surface area contributed by atoms with E-state index in [1.54, 1.807) is 24.8 Å². The fraction of sp³-hybridized carbons (Fsp3) is 0.375. The van der Waals surface area contributed by atoms with Crippen molar-refractivity contribution in [1.29, 1.82) is 0 Å². The molecule has 0 saturated heterocycles. The van der Waals surface area contributed by atoms with Crippen LogP contribution in [0.4, 0.5) is 0 Å². The minimum absolute atomic E-state index is 0.0845. The van der Waals surface area contributed by atoms with Gasteiger partial charge in [0.25, 0.3) is 5.91 Å². The molecule has 0 spiro atoms. The SMILES string of the molecule is CC(C)=CCSc1ccccc1C(=O)NC(C)CC(=O)O. The van der Waals surface area contributed by atoms with Gasteiger partial charge in [0.05, 0.1) is 12.0 Å². The first kappa shape index (κ1) is 17.3. The summed E-state index contributed by atoms with van der Waals surface area (Å²) in [7, 11) is 0. The Balaban J connectivity index is 2.75. The van der Waals surface area contributed by atoms with Crippen LogP contribution in [-0.2, 0) is 4.79 Å². The van der Waals surface area contributed by atoms with E-state index in [0.717, 1.165) is 10.6 Å². The molecule has 0 aromatic heterocycles.